The number of rotatable bonds is 4. The molecule has 0 spiro atoms. The van der Waals surface area contributed by atoms with Crippen LogP contribution in [0.15, 0.2) is 71.3 Å². The Morgan fingerprint density at radius 2 is 1.59 bits per heavy atom. The lowest BCUT2D eigenvalue weighted by molar-refractivity contribution is 0.399. The minimum Gasteiger partial charge on any atom is -0.361 e. The number of hydrogen-bond acceptors (Lipinski definition) is 6. The summed E-state index contributed by atoms with van der Waals surface area (Å²) in [5.74, 6) is 1.48. The molecule has 27 heavy (non-hydrogen) atoms. The van der Waals surface area contributed by atoms with Crippen molar-refractivity contribution < 1.29 is 4.52 Å². The first-order chi connectivity index (χ1) is 13.3. The Balaban J connectivity index is 1.68. The van der Waals surface area contributed by atoms with E-state index in [9.17, 15) is 0 Å². The van der Waals surface area contributed by atoms with Gasteiger partial charge in [-0.2, -0.15) is 9.61 Å². The zero-order valence-electron chi connectivity index (χ0n) is 14.5. The van der Waals surface area contributed by atoms with Crippen LogP contribution in [0.5, 0.6) is 0 Å². The number of aryl methyl sites for hydroxylation is 1. The molecule has 132 valence electrons. The van der Waals surface area contributed by atoms with Gasteiger partial charge in [0.15, 0.2) is 10.8 Å². The van der Waals surface area contributed by atoms with Gasteiger partial charge in [-0.05, 0) is 18.1 Å². The summed E-state index contributed by atoms with van der Waals surface area (Å²) in [5, 5.41) is 18.4. The van der Waals surface area contributed by atoms with Crippen LogP contribution >= 0.6 is 11.3 Å². The molecule has 0 atom stereocenters. The molecule has 0 saturated carbocycles. The predicted molar refractivity (Wildman–Crippen MR) is 103 cm³/mol. The maximum atomic E-state index is 5.18. The zero-order valence-corrected chi connectivity index (χ0v) is 15.3. The van der Waals surface area contributed by atoms with Crippen molar-refractivity contribution in [3.63, 3.8) is 0 Å². The van der Waals surface area contributed by atoms with E-state index >= 15 is 0 Å². The van der Waals surface area contributed by atoms with E-state index in [1.54, 1.807) is 0 Å². The molecule has 0 unspecified atom stereocenters. The summed E-state index contributed by atoms with van der Waals surface area (Å²) >= 11 is 1.45. The molecular formula is C20H15N5OS. The number of aromatic nitrogens is 5. The van der Waals surface area contributed by atoms with Gasteiger partial charge in [-0.25, -0.2) is 0 Å². The molecule has 2 aromatic carbocycles. The van der Waals surface area contributed by atoms with Crippen molar-refractivity contribution in [3.05, 3.63) is 89.4 Å². The Bertz CT molecular complexity index is 1150. The van der Waals surface area contributed by atoms with Gasteiger partial charge in [0, 0.05) is 6.07 Å². The lowest BCUT2D eigenvalue weighted by Crippen LogP contribution is -2.08. The van der Waals surface area contributed by atoms with Crippen molar-refractivity contribution in [1.29, 1.82) is 0 Å². The lowest BCUT2D eigenvalue weighted by Gasteiger charge is -2.15. The molecule has 0 aliphatic carbocycles. The average molecular weight is 373 g/mol. The highest BCUT2D eigenvalue weighted by molar-refractivity contribution is 7.19. The molecular weight excluding hydrogens is 358 g/mol. The van der Waals surface area contributed by atoms with Gasteiger partial charge in [-0.15, -0.1) is 10.2 Å². The van der Waals surface area contributed by atoms with Crippen molar-refractivity contribution in [2.75, 3.05) is 0 Å². The van der Waals surface area contributed by atoms with Gasteiger partial charge in [-0.3, -0.25) is 0 Å². The minimum atomic E-state index is -0.0589. The quantitative estimate of drug-likeness (QED) is 0.469. The Morgan fingerprint density at radius 3 is 2.19 bits per heavy atom. The fourth-order valence-electron chi connectivity index (χ4n) is 3.16. The number of benzene rings is 2. The van der Waals surface area contributed by atoms with Crippen LogP contribution in [0.25, 0.3) is 15.7 Å². The SMILES string of the molecule is Cc1cc(-c2nn3c(C(c4ccccc4)c4ccccc4)nnc3s2)no1. The molecule has 0 bridgehead atoms. The Kier molecular flexibility index (Phi) is 3.79. The predicted octanol–water partition coefficient (Wildman–Crippen LogP) is 4.33. The van der Waals surface area contributed by atoms with Gasteiger partial charge in [0.25, 0.3) is 0 Å². The van der Waals surface area contributed by atoms with Crippen molar-refractivity contribution in [3.8, 4) is 10.7 Å². The third-order valence-electron chi connectivity index (χ3n) is 4.39. The summed E-state index contributed by atoms with van der Waals surface area (Å²) in [6.07, 6.45) is 0. The normalized spacial score (nSPS) is 11.5. The standard InChI is InChI=1S/C20H15N5OS/c1-13-12-16(24-26-13)19-23-25-18(21-22-20(25)27-19)17(14-8-4-2-5-9-14)15-10-6-3-7-11-15/h2-12,17H,1H3. The Labute approximate surface area is 159 Å². The molecule has 5 rings (SSSR count). The number of hydrogen-bond donors (Lipinski definition) is 0. The van der Waals surface area contributed by atoms with E-state index in [2.05, 4.69) is 39.6 Å². The summed E-state index contributed by atoms with van der Waals surface area (Å²) in [6.45, 7) is 1.86. The third-order valence-corrected chi connectivity index (χ3v) is 5.31. The van der Waals surface area contributed by atoms with Gasteiger partial charge < -0.3 is 4.52 Å². The second-order valence-electron chi connectivity index (χ2n) is 6.24. The van der Waals surface area contributed by atoms with Crippen LogP contribution < -0.4 is 0 Å². The van der Waals surface area contributed by atoms with E-state index in [4.69, 9.17) is 9.62 Å². The summed E-state index contributed by atoms with van der Waals surface area (Å²) in [5.41, 5.74) is 3.00. The number of fused-ring (bicyclic) bond motifs is 1. The van der Waals surface area contributed by atoms with Crippen molar-refractivity contribution in [2.45, 2.75) is 12.8 Å². The van der Waals surface area contributed by atoms with Crippen molar-refractivity contribution in [2.24, 2.45) is 0 Å². The molecule has 7 heteroatoms. The molecule has 0 amide bonds. The second-order valence-corrected chi connectivity index (χ2v) is 7.19. The van der Waals surface area contributed by atoms with E-state index in [0.29, 0.717) is 5.69 Å². The van der Waals surface area contributed by atoms with Gasteiger partial charge in [0.1, 0.15) is 11.5 Å². The molecule has 5 aromatic rings. The third kappa shape index (κ3) is 2.82. The monoisotopic (exact) mass is 373 g/mol. The molecule has 3 aromatic heterocycles. The molecule has 0 aliphatic rings. The Hall–Kier alpha value is -3.32. The molecule has 0 radical (unpaired) electrons. The maximum Gasteiger partial charge on any atom is 0.235 e. The first kappa shape index (κ1) is 15.9. The average Bonchev–Trinajstić information content (AvgIpc) is 3.40. The van der Waals surface area contributed by atoms with Gasteiger partial charge in [0.2, 0.25) is 4.96 Å². The summed E-state index contributed by atoms with van der Waals surface area (Å²) in [6, 6.07) is 22.5. The largest absolute Gasteiger partial charge is 0.361 e. The summed E-state index contributed by atoms with van der Waals surface area (Å²) < 4.78 is 6.99. The van der Waals surface area contributed by atoms with Crippen molar-refractivity contribution >= 4 is 16.3 Å². The van der Waals surface area contributed by atoms with Crippen LogP contribution in [0.2, 0.25) is 0 Å². The molecule has 3 heterocycles. The van der Waals surface area contributed by atoms with E-state index in [0.717, 1.165) is 32.7 Å². The van der Waals surface area contributed by atoms with E-state index in [-0.39, 0.29) is 5.92 Å². The van der Waals surface area contributed by atoms with Crippen molar-refractivity contribution in [1.82, 2.24) is 25.0 Å². The second kappa shape index (κ2) is 6.44. The highest BCUT2D eigenvalue weighted by Crippen LogP contribution is 2.33. The van der Waals surface area contributed by atoms with E-state index in [1.807, 2.05) is 53.9 Å². The first-order valence-electron chi connectivity index (χ1n) is 8.55. The molecule has 0 saturated heterocycles. The van der Waals surface area contributed by atoms with E-state index < -0.39 is 0 Å². The van der Waals surface area contributed by atoms with Crippen LogP contribution in [0, 0.1) is 6.92 Å². The van der Waals surface area contributed by atoms with Crippen LogP contribution in [0.1, 0.15) is 28.6 Å². The van der Waals surface area contributed by atoms with Crippen LogP contribution in [-0.2, 0) is 0 Å². The molecule has 6 nitrogen and oxygen atoms in total. The van der Waals surface area contributed by atoms with E-state index in [1.165, 1.54) is 11.3 Å². The molecule has 0 fully saturated rings. The van der Waals surface area contributed by atoms with Crippen LogP contribution in [-0.4, -0.2) is 25.0 Å². The summed E-state index contributed by atoms with van der Waals surface area (Å²) in [7, 11) is 0. The lowest BCUT2D eigenvalue weighted by atomic mass is 9.91. The van der Waals surface area contributed by atoms with Gasteiger partial charge in [-0.1, -0.05) is 77.2 Å². The Morgan fingerprint density at radius 1 is 0.926 bits per heavy atom. The highest BCUT2D eigenvalue weighted by Gasteiger charge is 2.25. The van der Waals surface area contributed by atoms with Gasteiger partial charge in [0.05, 0.1) is 5.92 Å². The zero-order chi connectivity index (χ0) is 18.2. The first-order valence-corrected chi connectivity index (χ1v) is 9.37. The topological polar surface area (TPSA) is 69.1 Å². The minimum absolute atomic E-state index is 0.0589. The van der Waals surface area contributed by atoms with Gasteiger partial charge >= 0.3 is 0 Å². The smallest absolute Gasteiger partial charge is 0.235 e. The van der Waals surface area contributed by atoms with Crippen LogP contribution in [0.4, 0.5) is 0 Å². The fraction of sp³-hybridized carbons (Fsp3) is 0.100. The van der Waals surface area contributed by atoms with Crippen LogP contribution in [0.3, 0.4) is 0 Å². The fourth-order valence-corrected chi connectivity index (χ4v) is 3.96. The molecule has 0 aliphatic heterocycles. The maximum absolute atomic E-state index is 5.18. The number of nitrogens with zero attached hydrogens (tertiary/aromatic N) is 5. The highest BCUT2D eigenvalue weighted by atomic mass is 32.1. The molecule has 0 N–H and O–H groups in total. The summed E-state index contributed by atoms with van der Waals surface area (Å²) in [4.78, 5) is 0.734.